The first kappa shape index (κ1) is 26.2. The van der Waals surface area contributed by atoms with E-state index >= 15 is 0 Å². The number of ether oxygens (including phenoxy) is 2. The largest absolute Gasteiger partial charge is 0.459 e. The quantitative estimate of drug-likeness (QED) is 0.125. The molecule has 1 atom stereocenters. The van der Waals surface area contributed by atoms with Gasteiger partial charge in [-0.15, -0.1) is 0 Å². The number of hydrogen-bond acceptors (Lipinski definition) is 3. The van der Waals surface area contributed by atoms with Gasteiger partial charge in [-0.05, 0) is 46.0 Å². The smallest absolute Gasteiger partial charge is 0.333 e. The molecule has 0 aromatic rings. The van der Waals surface area contributed by atoms with Crippen molar-refractivity contribution in [1.29, 1.82) is 0 Å². The summed E-state index contributed by atoms with van der Waals surface area (Å²) in [5.41, 5.74) is 0.509. The van der Waals surface area contributed by atoms with Crippen LogP contribution in [0.25, 0.3) is 0 Å². The van der Waals surface area contributed by atoms with Gasteiger partial charge in [0.1, 0.15) is 6.10 Å². The lowest BCUT2D eigenvalue weighted by Crippen LogP contribution is -2.18. The third-order valence-corrected chi connectivity index (χ3v) is 5.02. The van der Waals surface area contributed by atoms with Crippen molar-refractivity contribution in [3.63, 3.8) is 0 Å². The van der Waals surface area contributed by atoms with Gasteiger partial charge in [0, 0.05) is 18.8 Å². The summed E-state index contributed by atoms with van der Waals surface area (Å²) in [6.45, 7) is 11.5. The van der Waals surface area contributed by atoms with Gasteiger partial charge in [-0.1, -0.05) is 77.7 Å². The molecule has 0 spiro atoms. The molecule has 0 amide bonds. The van der Waals surface area contributed by atoms with Gasteiger partial charge in [0.15, 0.2) is 0 Å². The Morgan fingerprint density at radius 1 is 0.778 bits per heavy atom. The number of unbranched alkanes of at least 4 members (excludes halogenated alkanes) is 11. The van der Waals surface area contributed by atoms with E-state index in [9.17, 15) is 4.79 Å². The zero-order chi connectivity index (χ0) is 20.2. The van der Waals surface area contributed by atoms with Crippen molar-refractivity contribution in [2.75, 3.05) is 13.2 Å². The van der Waals surface area contributed by atoms with E-state index in [1.165, 1.54) is 70.6 Å². The van der Waals surface area contributed by atoms with Crippen LogP contribution < -0.4 is 0 Å². The minimum absolute atomic E-state index is 0.0800. The molecule has 3 nitrogen and oxygen atoms in total. The van der Waals surface area contributed by atoms with Crippen molar-refractivity contribution in [3.05, 3.63) is 12.2 Å². The molecule has 0 fully saturated rings. The molecule has 0 aromatic heterocycles. The molecule has 3 heteroatoms. The lowest BCUT2D eigenvalue weighted by atomic mass is 10.0. The standard InChI is InChI=1S/C24H46O3/c1-5-7-8-16-19-23(27-24(25)22(3)4)20-17-14-12-10-9-11-13-15-18-21-26-6-2/h23H,3,5-21H2,1-2,4H3. The molecular formula is C24H46O3. The van der Waals surface area contributed by atoms with Gasteiger partial charge in [-0.25, -0.2) is 4.79 Å². The van der Waals surface area contributed by atoms with E-state index < -0.39 is 0 Å². The first-order valence-corrected chi connectivity index (χ1v) is 11.6. The molecule has 27 heavy (non-hydrogen) atoms. The second kappa shape index (κ2) is 19.9. The molecule has 0 aliphatic carbocycles. The predicted octanol–water partition coefficient (Wildman–Crippen LogP) is 7.38. The molecule has 0 radical (unpaired) electrons. The Hall–Kier alpha value is -0.830. The van der Waals surface area contributed by atoms with E-state index in [-0.39, 0.29) is 12.1 Å². The highest BCUT2D eigenvalue weighted by Gasteiger charge is 2.14. The maximum atomic E-state index is 11.8. The monoisotopic (exact) mass is 382 g/mol. The van der Waals surface area contributed by atoms with E-state index in [1.54, 1.807) is 6.92 Å². The summed E-state index contributed by atoms with van der Waals surface area (Å²) in [7, 11) is 0. The average molecular weight is 383 g/mol. The molecule has 0 aliphatic rings. The van der Waals surface area contributed by atoms with Gasteiger partial charge in [-0.2, -0.15) is 0 Å². The Labute approximate surface area is 169 Å². The second-order valence-corrected chi connectivity index (χ2v) is 7.82. The summed E-state index contributed by atoms with van der Waals surface area (Å²) in [5, 5.41) is 0. The van der Waals surface area contributed by atoms with Crippen molar-refractivity contribution in [2.24, 2.45) is 0 Å². The third kappa shape index (κ3) is 18.3. The first-order valence-electron chi connectivity index (χ1n) is 11.6. The highest BCUT2D eigenvalue weighted by Crippen LogP contribution is 2.17. The van der Waals surface area contributed by atoms with Crippen molar-refractivity contribution >= 4 is 5.97 Å². The summed E-state index contributed by atoms with van der Waals surface area (Å²) in [5.74, 6) is -0.222. The van der Waals surface area contributed by atoms with Crippen LogP contribution in [0.15, 0.2) is 12.2 Å². The van der Waals surface area contributed by atoms with E-state index in [4.69, 9.17) is 9.47 Å². The number of esters is 1. The summed E-state index contributed by atoms with van der Waals surface area (Å²) in [6, 6.07) is 0. The maximum Gasteiger partial charge on any atom is 0.333 e. The normalized spacial score (nSPS) is 12.1. The number of rotatable bonds is 20. The molecule has 160 valence electrons. The summed E-state index contributed by atoms with van der Waals surface area (Å²) in [4.78, 5) is 11.8. The van der Waals surface area contributed by atoms with Crippen LogP contribution in [-0.4, -0.2) is 25.3 Å². The Kier molecular flexibility index (Phi) is 19.3. The zero-order valence-corrected chi connectivity index (χ0v) is 18.5. The summed E-state index contributed by atoms with van der Waals surface area (Å²) >= 11 is 0. The van der Waals surface area contributed by atoms with Crippen molar-refractivity contribution in [1.82, 2.24) is 0 Å². The predicted molar refractivity (Wildman–Crippen MR) is 116 cm³/mol. The molecule has 0 N–H and O–H groups in total. The Bertz CT molecular complexity index is 352. The fourth-order valence-electron chi connectivity index (χ4n) is 3.27. The third-order valence-electron chi connectivity index (χ3n) is 5.02. The van der Waals surface area contributed by atoms with Gasteiger partial charge >= 0.3 is 5.97 Å². The average Bonchev–Trinajstić information content (AvgIpc) is 2.65. The molecule has 0 aromatic carbocycles. The molecule has 0 rings (SSSR count). The molecule has 0 bridgehead atoms. The molecule has 0 saturated heterocycles. The van der Waals surface area contributed by atoms with E-state index in [2.05, 4.69) is 20.4 Å². The topological polar surface area (TPSA) is 35.5 Å². The van der Waals surface area contributed by atoms with Gasteiger partial charge in [0.25, 0.3) is 0 Å². The lowest BCUT2D eigenvalue weighted by molar-refractivity contribution is -0.145. The van der Waals surface area contributed by atoms with Crippen LogP contribution in [0, 0.1) is 0 Å². The van der Waals surface area contributed by atoms with Crippen molar-refractivity contribution in [3.8, 4) is 0 Å². The fraction of sp³-hybridized carbons (Fsp3) is 0.875. The van der Waals surface area contributed by atoms with E-state index in [1.807, 2.05) is 0 Å². The van der Waals surface area contributed by atoms with Gasteiger partial charge < -0.3 is 9.47 Å². The zero-order valence-electron chi connectivity index (χ0n) is 18.5. The minimum atomic E-state index is -0.222. The van der Waals surface area contributed by atoms with Gasteiger partial charge in [0.2, 0.25) is 0 Å². The van der Waals surface area contributed by atoms with Crippen LogP contribution in [0.2, 0.25) is 0 Å². The second-order valence-electron chi connectivity index (χ2n) is 7.82. The number of carbonyl (C=O) groups is 1. The molecule has 1 unspecified atom stereocenters. The van der Waals surface area contributed by atoms with Crippen LogP contribution in [0.4, 0.5) is 0 Å². The van der Waals surface area contributed by atoms with Crippen LogP contribution in [0.1, 0.15) is 117 Å². The lowest BCUT2D eigenvalue weighted by Gasteiger charge is -2.18. The molecule has 0 aliphatic heterocycles. The molecule has 0 saturated carbocycles. The SMILES string of the molecule is C=C(C)C(=O)OC(CCCCCC)CCCCCCCCCCCOCC. The molecular weight excluding hydrogens is 336 g/mol. The van der Waals surface area contributed by atoms with E-state index in [0.29, 0.717) is 5.57 Å². The van der Waals surface area contributed by atoms with Gasteiger partial charge in [0.05, 0.1) is 0 Å². The minimum Gasteiger partial charge on any atom is -0.459 e. The maximum absolute atomic E-state index is 11.8. The van der Waals surface area contributed by atoms with Crippen molar-refractivity contribution < 1.29 is 14.3 Å². The number of hydrogen-bond donors (Lipinski definition) is 0. The van der Waals surface area contributed by atoms with E-state index in [0.717, 1.165) is 38.9 Å². The van der Waals surface area contributed by atoms with Crippen LogP contribution in [0.5, 0.6) is 0 Å². The number of carbonyl (C=O) groups excluding carboxylic acids is 1. The first-order chi connectivity index (χ1) is 13.1. The summed E-state index contributed by atoms with van der Waals surface area (Å²) < 4.78 is 11.0. The Morgan fingerprint density at radius 3 is 1.74 bits per heavy atom. The Balaban J connectivity index is 3.69. The fourth-order valence-corrected chi connectivity index (χ4v) is 3.27. The van der Waals surface area contributed by atoms with Gasteiger partial charge in [-0.3, -0.25) is 0 Å². The summed E-state index contributed by atoms with van der Waals surface area (Å²) in [6.07, 6.45) is 18.6. The van der Waals surface area contributed by atoms with Crippen molar-refractivity contribution in [2.45, 2.75) is 123 Å². The molecule has 0 heterocycles. The van der Waals surface area contributed by atoms with Crippen LogP contribution in [0.3, 0.4) is 0 Å². The van der Waals surface area contributed by atoms with Crippen LogP contribution >= 0.6 is 0 Å². The highest BCUT2D eigenvalue weighted by molar-refractivity contribution is 5.87. The Morgan fingerprint density at radius 2 is 1.26 bits per heavy atom. The highest BCUT2D eigenvalue weighted by atomic mass is 16.5. The van der Waals surface area contributed by atoms with Crippen LogP contribution in [-0.2, 0) is 14.3 Å².